The fourth-order valence-corrected chi connectivity index (χ4v) is 5.06. The standard InChI is InChI=1S/C27H31N7O2S/c1-30-23-22(24(35)31(2)27(30)36)34(19-21-11-7-4-8-12-21)25(29-23)32-15-17-33(18-16-32)26(37)28-14-13-20-9-5-3-6-10-20/h3-12H,13-19H2,1-2H3,(H,28,37). The fourth-order valence-electron chi connectivity index (χ4n) is 4.77. The first-order chi connectivity index (χ1) is 17.9. The molecule has 10 heteroatoms. The number of nitrogens with one attached hydrogen (secondary N) is 1. The highest BCUT2D eigenvalue weighted by Crippen LogP contribution is 2.22. The van der Waals surface area contributed by atoms with Crippen LogP contribution >= 0.6 is 12.2 Å². The van der Waals surface area contributed by atoms with Crippen molar-refractivity contribution in [1.82, 2.24) is 28.9 Å². The molecule has 4 aromatic rings. The van der Waals surface area contributed by atoms with E-state index in [0.717, 1.165) is 41.3 Å². The van der Waals surface area contributed by atoms with Crippen LogP contribution in [-0.2, 0) is 27.1 Å². The van der Waals surface area contributed by atoms with Crippen molar-refractivity contribution in [2.75, 3.05) is 37.6 Å². The zero-order valence-electron chi connectivity index (χ0n) is 21.1. The molecule has 1 saturated heterocycles. The third-order valence-electron chi connectivity index (χ3n) is 6.89. The summed E-state index contributed by atoms with van der Waals surface area (Å²) >= 11 is 5.67. The third-order valence-corrected chi connectivity index (χ3v) is 7.30. The molecule has 2 aromatic carbocycles. The second kappa shape index (κ2) is 10.6. The Bertz CT molecular complexity index is 1520. The van der Waals surface area contributed by atoms with E-state index < -0.39 is 0 Å². The highest BCUT2D eigenvalue weighted by molar-refractivity contribution is 7.80. The zero-order chi connectivity index (χ0) is 25.9. The second-order valence-corrected chi connectivity index (χ2v) is 9.69. The molecule has 0 unspecified atom stereocenters. The van der Waals surface area contributed by atoms with Gasteiger partial charge in [0.25, 0.3) is 5.56 Å². The minimum absolute atomic E-state index is 0.338. The number of benzene rings is 2. The molecular formula is C27H31N7O2S. The Balaban J connectivity index is 1.35. The zero-order valence-corrected chi connectivity index (χ0v) is 21.9. The van der Waals surface area contributed by atoms with Crippen molar-refractivity contribution >= 4 is 34.4 Å². The van der Waals surface area contributed by atoms with Gasteiger partial charge in [-0.25, -0.2) is 4.79 Å². The number of hydrogen-bond acceptors (Lipinski definition) is 5. The van der Waals surface area contributed by atoms with Crippen LogP contribution in [0.3, 0.4) is 0 Å². The SMILES string of the molecule is Cn1c(=O)c2c(nc(N3CCN(C(=S)NCCc4ccccc4)CC3)n2Cc2ccccc2)n(C)c1=O. The van der Waals surface area contributed by atoms with E-state index in [1.54, 1.807) is 7.05 Å². The number of nitrogens with zero attached hydrogens (tertiary/aromatic N) is 6. The number of hydrogen-bond donors (Lipinski definition) is 1. The largest absolute Gasteiger partial charge is 0.362 e. The molecule has 2 aromatic heterocycles. The van der Waals surface area contributed by atoms with E-state index in [4.69, 9.17) is 17.2 Å². The average Bonchev–Trinajstić information content (AvgIpc) is 3.31. The Morgan fingerprint density at radius 3 is 2.16 bits per heavy atom. The van der Waals surface area contributed by atoms with E-state index in [1.807, 2.05) is 53.1 Å². The first-order valence-electron chi connectivity index (χ1n) is 12.5. The van der Waals surface area contributed by atoms with Crippen LogP contribution in [0, 0.1) is 0 Å². The highest BCUT2D eigenvalue weighted by atomic mass is 32.1. The third kappa shape index (κ3) is 5.01. The van der Waals surface area contributed by atoms with E-state index in [0.29, 0.717) is 36.7 Å². The van der Waals surface area contributed by atoms with Crippen molar-refractivity contribution in [3.8, 4) is 0 Å². The van der Waals surface area contributed by atoms with Crippen molar-refractivity contribution < 1.29 is 0 Å². The van der Waals surface area contributed by atoms with Crippen LogP contribution in [0.2, 0.25) is 0 Å². The lowest BCUT2D eigenvalue weighted by molar-refractivity contribution is 0.376. The maximum atomic E-state index is 13.2. The summed E-state index contributed by atoms with van der Waals surface area (Å²) in [6.07, 6.45) is 0.915. The van der Waals surface area contributed by atoms with Gasteiger partial charge in [0.2, 0.25) is 5.95 Å². The van der Waals surface area contributed by atoms with Gasteiger partial charge in [-0.15, -0.1) is 0 Å². The molecule has 192 valence electrons. The average molecular weight is 518 g/mol. The molecule has 1 fully saturated rings. The molecule has 0 spiro atoms. The number of rotatable bonds is 6. The van der Waals surface area contributed by atoms with Crippen LogP contribution in [0.4, 0.5) is 5.95 Å². The van der Waals surface area contributed by atoms with Crippen molar-refractivity contribution in [3.05, 3.63) is 92.6 Å². The minimum Gasteiger partial charge on any atom is -0.362 e. The molecule has 1 N–H and O–H groups in total. The van der Waals surface area contributed by atoms with E-state index in [1.165, 1.54) is 17.2 Å². The fraction of sp³-hybridized carbons (Fsp3) is 0.333. The minimum atomic E-state index is -0.384. The summed E-state index contributed by atoms with van der Waals surface area (Å²) in [5.41, 5.74) is 2.45. The number of aromatic nitrogens is 4. The quantitative estimate of drug-likeness (QED) is 0.390. The Labute approximate surface area is 220 Å². The predicted octanol–water partition coefficient (Wildman–Crippen LogP) is 1.72. The number of anilines is 1. The maximum Gasteiger partial charge on any atom is 0.332 e. The summed E-state index contributed by atoms with van der Waals surface area (Å²) in [7, 11) is 3.17. The monoisotopic (exact) mass is 517 g/mol. The molecular weight excluding hydrogens is 486 g/mol. The van der Waals surface area contributed by atoms with Crippen molar-refractivity contribution in [1.29, 1.82) is 0 Å². The summed E-state index contributed by atoms with van der Waals surface area (Å²) in [6.45, 7) is 4.15. The number of thiocarbonyl (C=S) groups is 1. The van der Waals surface area contributed by atoms with Crippen molar-refractivity contribution in [2.45, 2.75) is 13.0 Å². The molecule has 0 bridgehead atoms. The van der Waals surface area contributed by atoms with Crippen LogP contribution in [0.1, 0.15) is 11.1 Å². The van der Waals surface area contributed by atoms with Gasteiger partial charge >= 0.3 is 5.69 Å². The van der Waals surface area contributed by atoms with Gasteiger partial charge in [0.1, 0.15) is 0 Å². The lowest BCUT2D eigenvalue weighted by Crippen LogP contribution is -2.52. The lowest BCUT2D eigenvalue weighted by atomic mass is 10.1. The van der Waals surface area contributed by atoms with E-state index in [-0.39, 0.29) is 11.2 Å². The first-order valence-corrected chi connectivity index (χ1v) is 12.9. The Morgan fingerprint density at radius 2 is 1.51 bits per heavy atom. The molecule has 3 heterocycles. The van der Waals surface area contributed by atoms with Crippen LogP contribution in [-0.4, -0.2) is 61.4 Å². The predicted molar refractivity (Wildman–Crippen MR) is 150 cm³/mol. The Hall–Kier alpha value is -3.92. The molecule has 9 nitrogen and oxygen atoms in total. The molecule has 1 aliphatic heterocycles. The van der Waals surface area contributed by atoms with Crippen LogP contribution < -0.4 is 21.5 Å². The number of fused-ring (bicyclic) bond motifs is 1. The molecule has 1 aliphatic rings. The van der Waals surface area contributed by atoms with E-state index >= 15 is 0 Å². The topological polar surface area (TPSA) is 80.3 Å². The van der Waals surface area contributed by atoms with Crippen LogP contribution in [0.5, 0.6) is 0 Å². The summed E-state index contributed by atoms with van der Waals surface area (Å²) in [4.78, 5) is 35.0. The summed E-state index contributed by atoms with van der Waals surface area (Å²) in [6, 6.07) is 20.3. The molecule has 0 saturated carbocycles. The van der Waals surface area contributed by atoms with Gasteiger partial charge < -0.3 is 15.1 Å². The number of aryl methyl sites for hydroxylation is 1. The van der Waals surface area contributed by atoms with Crippen LogP contribution in [0.25, 0.3) is 11.2 Å². The maximum absolute atomic E-state index is 13.2. The summed E-state index contributed by atoms with van der Waals surface area (Å²) < 4.78 is 4.54. The first kappa shape index (κ1) is 24.8. The van der Waals surface area contributed by atoms with Gasteiger partial charge in [-0.05, 0) is 29.8 Å². The van der Waals surface area contributed by atoms with E-state index in [9.17, 15) is 9.59 Å². The van der Waals surface area contributed by atoms with Gasteiger partial charge in [-0.3, -0.25) is 18.5 Å². The summed E-state index contributed by atoms with van der Waals surface area (Å²) in [5, 5.41) is 4.14. The van der Waals surface area contributed by atoms with Gasteiger partial charge in [0.15, 0.2) is 16.3 Å². The molecule has 37 heavy (non-hydrogen) atoms. The normalized spacial score (nSPS) is 13.8. The van der Waals surface area contributed by atoms with Gasteiger partial charge in [0.05, 0.1) is 6.54 Å². The second-order valence-electron chi connectivity index (χ2n) is 9.30. The molecule has 0 atom stereocenters. The van der Waals surface area contributed by atoms with E-state index in [2.05, 4.69) is 27.2 Å². The van der Waals surface area contributed by atoms with Gasteiger partial charge in [-0.1, -0.05) is 60.7 Å². The van der Waals surface area contributed by atoms with Crippen molar-refractivity contribution in [2.24, 2.45) is 14.1 Å². The molecule has 0 amide bonds. The van der Waals surface area contributed by atoms with Crippen LogP contribution in [0.15, 0.2) is 70.3 Å². The molecule has 5 rings (SSSR count). The number of piperazine rings is 1. The molecule has 0 aliphatic carbocycles. The lowest BCUT2D eigenvalue weighted by Gasteiger charge is -2.36. The Morgan fingerprint density at radius 1 is 0.892 bits per heavy atom. The Kier molecular flexibility index (Phi) is 7.09. The number of imidazole rings is 1. The highest BCUT2D eigenvalue weighted by Gasteiger charge is 2.26. The summed E-state index contributed by atoms with van der Waals surface area (Å²) in [5.74, 6) is 0.694. The van der Waals surface area contributed by atoms with Gasteiger partial charge in [0, 0.05) is 46.8 Å². The van der Waals surface area contributed by atoms with Gasteiger partial charge in [-0.2, -0.15) is 4.98 Å². The smallest absolute Gasteiger partial charge is 0.332 e. The molecule has 0 radical (unpaired) electrons. The van der Waals surface area contributed by atoms with Crippen molar-refractivity contribution in [3.63, 3.8) is 0 Å².